The van der Waals surface area contributed by atoms with Crippen LogP contribution in [0.25, 0.3) is 0 Å². The van der Waals surface area contributed by atoms with E-state index in [0.717, 1.165) is 6.07 Å². The van der Waals surface area contributed by atoms with Crippen LogP contribution < -0.4 is 11.1 Å². The van der Waals surface area contributed by atoms with Crippen molar-refractivity contribution in [2.24, 2.45) is 5.73 Å². The van der Waals surface area contributed by atoms with E-state index in [2.05, 4.69) is 5.32 Å². The minimum atomic E-state index is -1.28. The number of nitrogens with one attached hydrogen (secondary N) is 1. The van der Waals surface area contributed by atoms with Gasteiger partial charge in [-0.15, -0.1) is 0 Å². The number of non-ortho nitro benzene ring substituents is 1. The third-order valence-corrected chi connectivity index (χ3v) is 3.32. The van der Waals surface area contributed by atoms with Crippen LogP contribution in [0.4, 0.5) is 5.69 Å². The van der Waals surface area contributed by atoms with Gasteiger partial charge in [0.25, 0.3) is 17.5 Å². The number of esters is 1. The number of rotatable bonds is 7. The molecule has 0 bridgehead atoms. The van der Waals surface area contributed by atoms with Crippen LogP contribution in [-0.2, 0) is 14.3 Å². The largest absolute Gasteiger partial charge is 0.446 e. The molecule has 0 heterocycles. The first-order chi connectivity index (χ1) is 12.4. The van der Waals surface area contributed by atoms with E-state index in [1.54, 1.807) is 30.3 Å². The van der Waals surface area contributed by atoms with Crippen molar-refractivity contribution in [1.82, 2.24) is 5.32 Å². The lowest BCUT2D eigenvalue weighted by Gasteiger charge is -2.15. The van der Waals surface area contributed by atoms with Gasteiger partial charge >= 0.3 is 5.97 Å². The smallest absolute Gasteiger partial charge is 0.326 e. The van der Waals surface area contributed by atoms with Gasteiger partial charge in [0.05, 0.1) is 4.92 Å². The standard InChI is InChI=1S/C17H15N3O6/c18-16(22)15(11-5-2-1-3-6-11)26-14(21)10-19-17(23)12-7-4-8-13(9-12)20(24)25/h1-9,15H,10H2,(H2,18,22)(H,19,23). The molecule has 2 rings (SSSR count). The lowest BCUT2D eigenvalue weighted by Crippen LogP contribution is -2.33. The van der Waals surface area contributed by atoms with Crippen LogP contribution in [0.15, 0.2) is 54.6 Å². The molecule has 0 aliphatic rings. The molecule has 134 valence electrons. The van der Waals surface area contributed by atoms with Crippen molar-refractivity contribution >= 4 is 23.5 Å². The second kappa shape index (κ2) is 8.38. The molecule has 0 aliphatic carbocycles. The Kier molecular flexibility index (Phi) is 5.99. The second-order valence-corrected chi connectivity index (χ2v) is 5.17. The maximum Gasteiger partial charge on any atom is 0.326 e. The summed E-state index contributed by atoms with van der Waals surface area (Å²) in [4.78, 5) is 45.4. The third kappa shape index (κ3) is 4.87. The topological polar surface area (TPSA) is 142 Å². The Hall–Kier alpha value is -3.75. The number of hydrogen-bond donors (Lipinski definition) is 2. The SMILES string of the molecule is NC(=O)C(OC(=O)CNC(=O)c1cccc([N+](=O)[O-])c1)c1ccccc1. The second-order valence-electron chi connectivity index (χ2n) is 5.17. The van der Waals surface area contributed by atoms with Gasteiger partial charge in [-0.2, -0.15) is 0 Å². The zero-order valence-corrected chi connectivity index (χ0v) is 13.5. The van der Waals surface area contributed by atoms with Gasteiger partial charge < -0.3 is 15.8 Å². The normalized spacial score (nSPS) is 11.2. The zero-order valence-electron chi connectivity index (χ0n) is 13.5. The summed E-state index contributed by atoms with van der Waals surface area (Å²) < 4.78 is 5.01. The number of ether oxygens (including phenoxy) is 1. The van der Waals surface area contributed by atoms with Crippen LogP contribution in [0.3, 0.4) is 0 Å². The molecule has 0 aliphatic heterocycles. The number of carbonyl (C=O) groups excluding carboxylic acids is 3. The molecule has 0 aromatic heterocycles. The van der Waals surface area contributed by atoms with Crippen LogP contribution in [0.5, 0.6) is 0 Å². The van der Waals surface area contributed by atoms with Gasteiger partial charge in [0.2, 0.25) is 6.10 Å². The summed E-state index contributed by atoms with van der Waals surface area (Å²) in [7, 11) is 0. The van der Waals surface area contributed by atoms with Crippen molar-refractivity contribution in [3.63, 3.8) is 0 Å². The molecular formula is C17H15N3O6. The molecule has 26 heavy (non-hydrogen) atoms. The summed E-state index contributed by atoms with van der Waals surface area (Å²) in [5.74, 6) is -2.42. The highest BCUT2D eigenvalue weighted by atomic mass is 16.6. The van der Waals surface area contributed by atoms with E-state index in [9.17, 15) is 24.5 Å². The average molecular weight is 357 g/mol. The number of carbonyl (C=O) groups is 3. The lowest BCUT2D eigenvalue weighted by atomic mass is 10.1. The fraction of sp³-hybridized carbons (Fsp3) is 0.118. The Morgan fingerprint density at radius 2 is 1.81 bits per heavy atom. The molecule has 2 aromatic carbocycles. The van der Waals surface area contributed by atoms with Crippen molar-refractivity contribution in [2.75, 3.05) is 6.54 Å². The van der Waals surface area contributed by atoms with Gasteiger partial charge in [-0.05, 0) is 6.07 Å². The van der Waals surface area contributed by atoms with Gasteiger partial charge in [0, 0.05) is 23.3 Å². The number of nitro groups is 1. The zero-order chi connectivity index (χ0) is 19.1. The van der Waals surface area contributed by atoms with Crippen LogP contribution in [0.2, 0.25) is 0 Å². The van der Waals surface area contributed by atoms with Crippen molar-refractivity contribution in [3.05, 3.63) is 75.8 Å². The number of nitrogens with two attached hydrogens (primary N) is 1. The van der Waals surface area contributed by atoms with Gasteiger partial charge in [-0.1, -0.05) is 36.4 Å². The van der Waals surface area contributed by atoms with Gasteiger partial charge in [0.1, 0.15) is 6.54 Å². The highest BCUT2D eigenvalue weighted by Gasteiger charge is 2.22. The molecule has 2 aromatic rings. The van der Waals surface area contributed by atoms with E-state index in [1.165, 1.54) is 18.2 Å². The van der Waals surface area contributed by atoms with Crippen LogP contribution >= 0.6 is 0 Å². The Bertz CT molecular complexity index is 837. The van der Waals surface area contributed by atoms with Crippen LogP contribution in [0, 0.1) is 10.1 Å². The quantitative estimate of drug-likeness (QED) is 0.431. The molecule has 0 radical (unpaired) electrons. The minimum absolute atomic E-state index is 0.0153. The predicted molar refractivity (Wildman–Crippen MR) is 89.9 cm³/mol. The number of hydrogen-bond acceptors (Lipinski definition) is 6. The molecule has 3 N–H and O–H groups in total. The molecule has 0 spiro atoms. The van der Waals surface area contributed by atoms with E-state index in [-0.39, 0.29) is 11.3 Å². The molecular weight excluding hydrogens is 342 g/mol. The monoisotopic (exact) mass is 357 g/mol. The molecule has 0 saturated carbocycles. The maximum atomic E-state index is 12.0. The Morgan fingerprint density at radius 3 is 2.42 bits per heavy atom. The molecule has 0 fully saturated rings. The van der Waals surface area contributed by atoms with E-state index in [1.807, 2.05) is 0 Å². The molecule has 1 atom stereocenters. The Balaban J connectivity index is 1.97. The summed E-state index contributed by atoms with van der Waals surface area (Å²) >= 11 is 0. The minimum Gasteiger partial charge on any atom is -0.446 e. The molecule has 2 amide bonds. The van der Waals surface area contributed by atoms with E-state index < -0.39 is 35.4 Å². The fourth-order valence-corrected chi connectivity index (χ4v) is 2.11. The Morgan fingerprint density at radius 1 is 1.12 bits per heavy atom. The first-order valence-electron chi connectivity index (χ1n) is 7.45. The summed E-state index contributed by atoms with van der Waals surface area (Å²) in [6.45, 7) is -0.530. The first-order valence-corrected chi connectivity index (χ1v) is 7.45. The van der Waals surface area contributed by atoms with Gasteiger partial charge in [0.15, 0.2) is 0 Å². The predicted octanol–water partition coefficient (Wildman–Crippen LogP) is 1.09. The summed E-state index contributed by atoms with van der Waals surface area (Å²) in [6.07, 6.45) is -1.28. The third-order valence-electron chi connectivity index (χ3n) is 3.32. The lowest BCUT2D eigenvalue weighted by molar-refractivity contribution is -0.384. The summed E-state index contributed by atoms with van der Waals surface area (Å²) in [6, 6.07) is 13.2. The highest BCUT2D eigenvalue weighted by molar-refractivity contribution is 5.96. The summed E-state index contributed by atoms with van der Waals surface area (Å²) in [5, 5.41) is 13.0. The van der Waals surface area contributed by atoms with Crippen molar-refractivity contribution in [2.45, 2.75) is 6.10 Å². The maximum absolute atomic E-state index is 12.0. The van der Waals surface area contributed by atoms with Crippen LogP contribution in [-0.4, -0.2) is 29.3 Å². The number of benzene rings is 2. The van der Waals surface area contributed by atoms with E-state index >= 15 is 0 Å². The van der Waals surface area contributed by atoms with Crippen molar-refractivity contribution in [1.29, 1.82) is 0 Å². The number of primary amides is 1. The Labute approximate surface area is 147 Å². The molecule has 9 heteroatoms. The molecule has 1 unspecified atom stereocenters. The van der Waals surface area contributed by atoms with Crippen molar-refractivity contribution < 1.29 is 24.0 Å². The molecule has 0 saturated heterocycles. The van der Waals surface area contributed by atoms with E-state index in [0.29, 0.717) is 5.56 Å². The van der Waals surface area contributed by atoms with Gasteiger partial charge in [-0.25, -0.2) is 0 Å². The van der Waals surface area contributed by atoms with E-state index in [4.69, 9.17) is 10.5 Å². The molecule has 9 nitrogen and oxygen atoms in total. The number of nitro benzene ring substituents is 1. The average Bonchev–Trinajstić information content (AvgIpc) is 2.64. The van der Waals surface area contributed by atoms with Crippen molar-refractivity contribution in [3.8, 4) is 0 Å². The number of nitrogens with zero attached hydrogens (tertiary/aromatic N) is 1. The van der Waals surface area contributed by atoms with Gasteiger partial charge in [-0.3, -0.25) is 24.5 Å². The number of amides is 2. The first kappa shape index (κ1) is 18.6. The highest BCUT2D eigenvalue weighted by Crippen LogP contribution is 2.17. The summed E-state index contributed by atoms with van der Waals surface area (Å²) in [5.41, 5.74) is 5.41. The van der Waals surface area contributed by atoms with Crippen LogP contribution in [0.1, 0.15) is 22.0 Å². The fourth-order valence-electron chi connectivity index (χ4n) is 2.11.